The van der Waals surface area contributed by atoms with Crippen molar-refractivity contribution in [2.75, 3.05) is 0 Å². The summed E-state index contributed by atoms with van der Waals surface area (Å²) in [7, 11) is 0. The van der Waals surface area contributed by atoms with E-state index >= 15 is 0 Å². The molecule has 0 N–H and O–H groups in total. The van der Waals surface area contributed by atoms with Crippen LogP contribution in [0, 0.1) is 5.82 Å². The molecule has 0 heterocycles. The van der Waals surface area contributed by atoms with Gasteiger partial charge in [0.25, 0.3) is 0 Å². The van der Waals surface area contributed by atoms with Crippen molar-refractivity contribution in [2.24, 2.45) is 4.99 Å². The zero-order valence-corrected chi connectivity index (χ0v) is 13.4. The molecule has 0 fully saturated rings. The minimum absolute atomic E-state index is 0.334. The van der Waals surface area contributed by atoms with E-state index in [1.54, 1.807) is 43.5 Å². The number of rotatable bonds is 5. The van der Waals surface area contributed by atoms with Crippen LogP contribution in [0.4, 0.5) is 4.39 Å². The first kappa shape index (κ1) is 17.4. The van der Waals surface area contributed by atoms with Crippen LogP contribution >= 0.6 is 23.2 Å². The Kier molecular flexibility index (Phi) is 7.13. The van der Waals surface area contributed by atoms with Gasteiger partial charge in [-0.2, -0.15) is 0 Å². The van der Waals surface area contributed by atoms with Crippen LogP contribution in [0.15, 0.2) is 63.8 Å². The third-order valence-electron chi connectivity index (χ3n) is 2.48. The number of aliphatic imine (C=N–C) groups is 1. The standard InChI is InChI=1S/C17H16Cl2FN/c1-4-16(19)7-5-13(3)21-11-15-10-17(20)8-6-14(15)9-12(2)18/h4-11H,3H2,1-2H3/b7-5-,12-9-,16-4+,21-11+. The summed E-state index contributed by atoms with van der Waals surface area (Å²) in [5.74, 6) is -0.334. The molecule has 1 aromatic rings. The van der Waals surface area contributed by atoms with Gasteiger partial charge < -0.3 is 0 Å². The molecule has 4 heteroatoms. The number of benzene rings is 1. The summed E-state index contributed by atoms with van der Waals surface area (Å²) in [6.07, 6.45) is 8.42. The van der Waals surface area contributed by atoms with Gasteiger partial charge in [0.15, 0.2) is 0 Å². The number of nitrogens with zero attached hydrogens (tertiary/aromatic N) is 1. The second kappa shape index (κ2) is 8.60. The van der Waals surface area contributed by atoms with Gasteiger partial charge in [0.1, 0.15) is 5.82 Å². The second-order valence-electron chi connectivity index (χ2n) is 4.26. The molecule has 1 nitrogen and oxygen atoms in total. The van der Waals surface area contributed by atoms with Crippen molar-refractivity contribution < 1.29 is 4.39 Å². The molecule has 0 spiro atoms. The Labute approximate surface area is 134 Å². The molecule has 0 atom stereocenters. The Hall–Kier alpha value is -1.64. The molecule has 0 saturated heterocycles. The minimum Gasteiger partial charge on any atom is -0.257 e. The first-order valence-corrected chi connectivity index (χ1v) is 7.04. The second-order valence-corrected chi connectivity index (χ2v) is 5.29. The quantitative estimate of drug-likeness (QED) is 0.461. The maximum atomic E-state index is 13.3. The maximum absolute atomic E-state index is 13.3. The van der Waals surface area contributed by atoms with Crippen LogP contribution in [0.5, 0.6) is 0 Å². The number of allylic oxidation sites excluding steroid dienone is 5. The molecule has 0 radical (unpaired) electrons. The van der Waals surface area contributed by atoms with Crippen LogP contribution in [0.2, 0.25) is 0 Å². The lowest BCUT2D eigenvalue weighted by Gasteiger charge is -2.01. The van der Waals surface area contributed by atoms with Gasteiger partial charge in [-0.3, -0.25) is 4.99 Å². The van der Waals surface area contributed by atoms with Gasteiger partial charge >= 0.3 is 0 Å². The third-order valence-corrected chi connectivity index (χ3v) is 2.94. The van der Waals surface area contributed by atoms with E-state index in [1.807, 2.05) is 6.92 Å². The fourth-order valence-corrected chi connectivity index (χ4v) is 1.65. The molecule has 21 heavy (non-hydrogen) atoms. The Balaban J connectivity index is 2.99. The summed E-state index contributed by atoms with van der Waals surface area (Å²) in [5.41, 5.74) is 1.93. The largest absolute Gasteiger partial charge is 0.257 e. The van der Waals surface area contributed by atoms with Crippen LogP contribution in [0.3, 0.4) is 0 Å². The highest BCUT2D eigenvalue weighted by Crippen LogP contribution is 2.15. The molecule has 0 amide bonds. The normalized spacial score (nSPS) is 13.4. The van der Waals surface area contributed by atoms with E-state index in [2.05, 4.69) is 11.6 Å². The van der Waals surface area contributed by atoms with Gasteiger partial charge in [0, 0.05) is 21.8 Å². The Morgan fingerprint density at radius 2 is 1.95 bits per heavy atom. The molecule has 0 bridgehead atoms. The summed E-state index contributed by atoms with van der Waals surface area (Å²) in [5, 5.41) is 1.20. The van der Waals surface area contributed by atoms with Gasteiger partial charge in [0.2, 0.25) is 0 Å². The molecular formula is C17H16Cl2FN. The lowest BCUT2D eigenvalue weighted by Crippen LogP contribution is -1.90. The van der Waals surface area contributed by atoms with E-state index in [4.69, 9.17) is 23.2 Å². The SMILES string of the molecule is C=C(/C=C\C(Cl)=C/C)/N=C/c1cc(F)ccc1/C=C(/C)Cl. The highest BCUT2D eigenvalue weighted by atomic mass is 35.5. The molecule has 110 valence electrons. The number of halogens is 3. The van der Waals surface area contributed by atoms with Crippen LogP contribution in [-0.4, -0.2) is 6.21 Å². The summed E-state index contributed by atoms with van der Waals surface area (Å²) in [6.45, 7) is 7.37. The van der Waals surface area contributed by atoms with E-state index < -0.39 is 0 Å². The van der Waals surface area contributed by atoms with E-state index in [1.165, 1.54) is 12.1 Å². The van der Waals surface area contributed by atoms with Gasteiger partial charge in [-0.15, -0.1) is 0 Å². The maximum Gasteiger partial charge on any atom is 0.123 e. The fraction of sp³-hybridized carbons (Fsp3) is 0.118. The van der Waals surface area contributed by atoms with Gasteiger partial charge in [-0.1, -0.05) is 41.9 Å². The summed E-state index contributed by atoms with van der Waals surface area (Å²) in [6, 6.07) is 4.42. The average molecular weight is 324 g/mol. The Bertz CT molecular complexity index is 636. The van der Waals surface area contributed by atoms with E-state index in [0.717, 1.165) is 5.56 Å². The summed E-state index contributed by atoms with van der Waals surface area (Å²) >= 11 is 11.7. The topological polar surface area (TPSA) is 12.4 Å². The number of hydrogen-bond donors (Lipinski definition) is 0. The molecule has 0 aromatic heterocycles. The van der Waals surface area contributed by atoms with Gasteiger partial charge in [0.05, 0.1) is 5.70 Å². The van der Waals surface area contributed by atoms with Gasteiger partial charge in [-0.05, 0) is 49.8 Å². The van der Waals surface area contributed by atoms with E-state index in [0.29, 0.717) is 21.3 Å². The van der Waals surface area contributed by atoms with Gasteiger partial charge in [-0.25, -0.2) is 4.39 Å². The van der Waals surface area contributed by atoms with Crippen LogP contribution in [0.25, 0.3) is 6.08 Å². The lowest BCUT2D eigenvalue weighted by atomic mass is 10.1. The number of hydrogen-bond acceptors (Lipinski definition) is 1. The molecular weight excluding hydrogens is 308 g/mol. The van der Waals surface area contributed by atoms with Crippen molar-refractivity contribution in [3.05, 3.63) is 75.7 Å². The average Bonchev–Trinajstić information content (AvgIpc) is 2.44. The van der Waals surface area contributed by atoms with Crippen molar-refractivity contribution in [2.45, 2.75) is 13.8 Å². The van der Waals surface area contributed by atoms with Crippen molar-refractivity contribution in [1.29, 1.82) is 0 Å². The van der Waals surface area contributed by atoms with Crippen molar-refractivity contribution in [1.82, 2.24) is 0 Å². The highest BCUT2D eigenvalue weighted by molar-refractivity contribution is 6.31. The Morgan fingerprint density at radius 3 is 2.57 bits per heavy atom. The van der Waals surface area contributed by atoms with E-state index in [-0.39, 0.29) is 5.82 Å². The van der Waals surface area contributed by atoms with Crippen LogP contribution in [-0.2, 0) is 0 Å². The van der Waals surface area contributed by atoms with E-state index in [9.17, 15) is 4.39 Å². The van der Waals surface area contributed by atoms with Crippen molar-refractivity contribution in [3.8, 4) is 0 Å². The molecule has 1 rings (SSSR count). The molecule has 0 saturated carbocycles. The van der Waals surface area contributed by atoms with Crippen LogP contribution in [0.1, 0.15) is 25.0 Å². The lowest BCUT2D eigenvalue weighted by molar-refractivity contribution is 0.627. The van der Waals surface area contributed by atoms with Crippen molar-refractivity contribution >= 4 is 35.5 Å². The van der Waals surface area contributed by atoms with Crippen LogP contribution < -0.4 is 0 Å². The smallest absolute Gasteiger partial charge is 0.123 e. The predicted molar refractivity (Wildman–Crippen MR) is 91.4 cm³/mol. The molecule has 0 aliphatic carbocycles. The fourth-order valence-electron chi connectivity index (χ4n) is 1.47. The minimum atomic E-state index is -0.334. The summed E-state index contributed by atoms with van der Waals surface area (Å²) < 4.78 is 13.3. The zero-order valence-electron chi connectivity index (χ0n) is 11.9. The Morgan fingerprint density at radius 1 is 1.24 bits per heavy atom. The molecule has 1 aromatic carbocycles. The zero-order chi connectivity index (χ0) is 15.8. The monoisotopic (exact) mass is 323 g/mol. The first-order chi connectivity index (χ1) is 9.92. The summed E-state index contributed by atoms with van der Waals surface area (Å²) in [4.78, 5) is 4.18. The molecule has 0 unspecified atom stereocenters. The third kappa shape index (κ3) is 6.56. The molecule has 0 aliphatic rings. The molecule has 0 aliphatic heterocycles. The first-order valence-electron chi connectivity index (χ1n) is 6.28. The predicted octanol–water partition coefficient (Wildman–Crippen LogP) is 6.06. The highest BCUT2D eigenvalue weighted by Gasteiger charge is 2.00. The van der Waals surface area contributed by atoms with Crippen molar-refractivity contribution in [3.63, 3.8) is 0 Å².